The number of primary sulfonamides is 1. The highest BCUT2D eigenvalue weighted by Crippen LogP contribution is 2.40. The minimum Gasteiger partial charge on any atom is -0.501 e. The van der Waals surface area contributed by atoms with Gasteiger partial charge in [-0.15, -0.1) is 0 Å². The number of rotatable bonds is 3. The van der Waals surface area contributed by atoms with E-state index in [1.54, 1.807) is 6.92 Å². The number of hydrogen-bond acceptors (Lipinski definition) is 5. The molecule has 0 heterocycles. The Bertz CT molecular complexity index is 584. The quantitative estimate of drug-likeness (QED) is 0.635. The molecule has 94 valence electrons. The Labute approximate surface area is 102 Å². The van der Waals surface area contributed by atoms with Crippen molar-refractivity contribution >= 4 is 27.3 Å². The number of aromatic hydroxyl groups is 1. The molecule has 1 aromatic carbocycles. The molecule has 0 fully saturated rings. The lowest BCUT2D eigenvalue weighted by Crippen LogP contribution is -2.14. The van der Waals surface area contributed by atoms with E-state index < -0.39 is 31.3 Å². The van der Waals surface area contributed by atoms with Gasteiger partial charge in [0, 0.05) is 5.56 Å². The lowest BCUT2D eigenvalue weighted by atomic mass is 10.1. The summed E-state index contributed by atoms with van der Waals surface area (Å²) in [7, 11) is -4.33. The maximum atomic E-state index is 11.2. The molecule has 0 saturated heterocycles. The van der Waals surface area contributed by atoms with Crippen LogP contribution in [-0.4, -0.2) is 18.4 Å². The van der Waals surface area contributed by atoms with Crippen molar-refractivity contribution in [2.75, 3.05) is 0 Å². The van der Waals surface area contributed by atoms with E-state index in [1.165, 1.54) is 0 Å². The molecular weight excluding hydrogens is 272 g/mol. The van der Waals surface area contributed by atoms with E-state index in [9.17, 15) is 23.6 Å². The Hall–Kier alpha value is -1.38. The number of nitro benzene ring substituents is 1. The fourth-order valence-electron chi connectivity index (χ4n) is 1.40. The van der Waals surface area contributed by atoms with Crippen LogP contribution in [0.1, 0.15) is 12.5 Å². The molecule has 0 saturated carbocycles. The van der Waals surface area contributed by atoms with Gasteiger partial charge in [-0.3, -0.25) is 10.1 Å². The summed E-state index contributed by atoms with van der Waals surface area (Å²) in [6.45, 7) is 1.61. The van der Waals surface area contributed by atoms with Gasteiger partial charge in [0.25, 0.3) is 0 Å². The Balaban J connectivity index is 3.79. The van der Waals surface area contributed by atoms with Gasteiger partial charge in [0.1, 0.15) is 4.90 Å². The Morgan fingerprint density at radius 2 is 2.12 bits per heavy atom. The third-order valence-corrected chi connectivity index (χ3v) is 3.50. The van der Waals surface area contributed by atoms with E-state index in [4.69, 9.17) is 16.7 Å². The molecule has 0 unspecified atom stereocenters. The second kappa shape index (κ2) is 4.47. The first-order valence-corrected chi connectivity index (χ1v) is 6.34. The van der Waals surface area contributed by atoms with E-state index in [0.29, 0.717) is 0 Å². The minimum absolute atomic E-state index is 0.130. The van der Waals surface area contributed by atoms with Crippen LogP contribution in [0.3, 0.4) is 0 Å². The zero-order valence-corrected chi connectivity index (χ0v) is 10.2. The van der Waals surface area contributed by atoms with Crippen molar-refractivity contribution in [2.24, 2.45) is 5.14 Å². The number of halogens is 1. The van der Waals surface area contributed by atoms with Gasteiger partial charge in [0.2, 0.25) is 15.8 Å². The maximum Gasteiger partial charge on any atom is 0.315 e. The number of benzene rings is 1. The van der Waals surface area contributed by atoms with Crippen LogP contribution >= 0.6 is 11.6 Å². The van der Waals surface area contributed by atoms with Crippen LogP contribution in [-0.2, 0) is 16.4 Å². The van der Waals surface area contributed by atoms with Crippen LogP contribution < -0.4 is 5.14 Å². The van der Waals surface area contributed by atoms with Crippen molar-refractivity contribution in [2.45, 2.75) is 18.2 Å². The van der Waals surface area contributed by atoms with Crippen LogP contribution in [0.25, 0.3) is 0 Å². The molecule has 7 nitrogen and oxygen atoms in total. The number of nitrogens with zero attached hydrogens (tertiary/aromatic N) is 1. The molecule has 0 aromatic heterocycles. The summed E-state index contributed by atoms with van der Waals surface area (Å²) in [6, 6.07) is 1.11. The normalized spacial score (nSPS) is 11.5. The molecule has 1 rings (SSSR count). The Morgan fingerprint density at radius 1 is 1.59 bits per heavy atom. The summed E-state index contributed by atoms with van der Waals surface area (Å²) in [5.41, 5.74) is -0.564. The summed E-state index contributed by atoms with van der Waals surface area (Å²) in [5, 5.41) is 24.8. The SMILES string of the molecule is CCc1cc(Cl)c(S(N)(=O)=O)c(O)c1[N+](=O)[O-]. The summed E-state index contributed by atoms with van der Waals surface area (Å²) < 4.78 is 22.3. The minimum atomic E-state index is -4.33. The van der Waals surface area contributed by atoms with E-state index in [0.717, 1.165) is 6.07 Å². The molecular formula is C8H9ClN2O5S. The predicted octanol–water partition coefficient (Wildman–Crippen LogP) is 1.16. The second-order valence-electron chi connectivity index (χ2n) is 3.20. The van der Waals surface area contributed by atoms with Gasteiger partial charge in [0.05, 0.1) is 9.95 Å². The monoisotopic (exact) mass is 280 g/mol. The molecule has 17 heavy (non-hydrogen) atoms. The summed E-state index contributed by atoms with van der Waals surface area (Å²) in [6.07, 6.45) is 0.217. The third kappa shape index (κ3) is 2.48. The fourth-order valence-corrected chi connectivity index (χ4v) is 2.64. The van der Waals surface area contributed by atoms with Crippen molar-refractivity contribution in [1.29, 1.82) is 0 Å². The molecule has 1 aromatic rings. The molecule has 9 heteroatoms. The lowest BCUT2D eigenvalue weighted by Gasteiger charge is -2.08. The largest absolute Gasteiger partial charge is 0.501 e. The zero-order chi connectivity index (χ0) is 13.4. The van der Waals surface area contributed by atoms with E-state index in [-0.39, 0.29) is 17.0 Å². The van der Waals surface area contributed by atoms with Crippen molar-refractivity contribution in [1.82, 2.24) is 0 Å². The van der Waals surface area contributed by atoms with Gasteiger partial charge in [-0.1, -0.05) is 18.5 Å². The highest BCUT2D eigenvalue weighted by molar-refractivity contribution is 7.89. The molecule has 0 aliphatic carbocycles. The molecule has 0 spiro atoms. The van der Waals surface area contributed by atoms with Crippen molar-refractivity contribution in [3.63, 3.8) is 0 Å². The fraction of sp³-hybridized carbons (Fsp3) is 0.250. The van der Waals surface area contributed by atoms with Gasteiger partial charge in [-0.25, -0.2) is 13.6 Å². The van der Waals surface area contributed by atoms with Crippen LogP contribution in [0.4, 0.5) is 5.69 Å². The lowest BCUT2D eigenvalue weighted by molar-refractivity contribution is -0.386. The third-order valence-electron chi connectivity index (χ3n) is 2.11. The number of nitro groups is 1. The smallest absolute Gasteiger partial charge is 0.315 e. The summed E-state index contributed by atoms with van der Waals surface area (Å²) >= 11 is 5.63. The number of sulfonamides is 1. The molecule has 0 aliphatic heterocycles. The van der Waals surface area contributed by atoms with Crippen LogP contribution in [0.15, 0.2) is 11.0 Å². The van der Waals surface area contributed by atoms with Gasteiger partial charge in [0.15, 0.2) is 0 Å². The number of nitrogens with two attached hydrogens (primary N) is 1. The summed E-state index contributed by atoms with van der Waals surface area (Å²) in [5.74, 6) is -1.03. The first-order chi connectivity index (χ1) is 7.70. The van der Waals surface area contributed by atoms with Crippen LogP contribution in [0, 0.1) is 10.1 Å². The average molecular weight is 281 g/mol. The van der Waals surface area contributed by atoms with Crippen molar-refractivity contribution < 1.29 is 18.4 Å². The Morgan fingerprint density at radius 3 is 2.47 bits per heavy atom. The van der Waals surface area contributed by atoms with Crippen molar-refractivity contribution in [3.8, 4) is 5.75 Å². The van der Waals surface area contributed by atoms with Gasteiger partial charge in [-0.05, 0) is 12.5 Å². The average Bonchev–Trinajstić information content (AvgIpc) is 2.13. The number of hydrogen-bond donors (Lipinski definition) is 2. The van der Waals surface area contributed by atoms with E-state index in [2.05, 4.69) is 0 Å². The molecule has 0 amide bonds. The first kappa shape index (κ1) is 13.7. The van der Waals surface area contributed by atoms with E-state index >= 15 is 0 Å². The van der Waals surface area contributed by atoms with Crippen LogP contribution in [0.2, 0.25) is 5.02 Å². The second-order valence-corrected chi connectivity index (χ2v) is 5.10. The summed E-state index contributed by atoms with van der Waals surface area (Å²) in [4.78, 5) is 9.05. The zero-order valence-electron chi connectivity index (χ0n) is 8.68. The van der Waals surface area contributed by atoms with Gasteiger partial charge < -0.3 is 5.11 Å². The number of aryl methyl sites for hydroxylation is 1. The van der Waals surface area contributed by atoms with Crippen molar-refractivity contribution in [3.05, 3.63) is 26.8 Å². The highest BCUT2D eigenvalue weighted by Gasteiger charge is 2.29. The standard InChI is InChI=1S/C8H9ClN2O5S/c1-2-4-3-5(9)8(17(10,15)16)7(12)6(4)11(13)14/h3,12H,2H2,1H3,(H2,10,15,16). The maximum absolute atomic E-state index is 11.2. The molecule has 3 N–H and O–H groups in total. The highest BCUT2D eigenvalue weighted by atomic mass is 35.5. The number of phenolic OH excluding ortho intramolecular Hbond substituents is 1. The molecule has 0 radical (unpaired) electrons. The topological polar surface area (TPSA) is 124 Å². The number of phenols is 1. The van der Waals surface area contributed by atoms with Crippen LogP contribution in [0.5, 0.6) is 5.75 Å². The molecule has 0 atom stereocenters. The van der Waals surface area contributed by atoms with Gasteiger partial charge in [-0.2, -0.15) is 0 Å². The van der Waals surface area contributed by atoms with E-state index in [1.807, 2.05) is 0 Å². The molecule has 0 bridgehead atoms. The Kier molecular flexibility index (Phi) is 3.60. The first-order valence-electron chi connectivity index (χ1n) is 4.41. The predicted molar refractivity (Wildman–Crippen MR) is 60.5 cm³/mol. The molecule has 0 aliphatic rings. The van der Waals surface area contributed by atoms with Gasteiger partial charge >= 0.3 is 5.69 Å².